The SMILES string of the molecule is CC1c2cccn2CCN1C(=O)c1cc2c([N+](=O)[O-])cc(Br)cn2n1. The molecular formula is C16H14BrN5O3. The molecule has 1 aliphatic rings. The van der Waals surface area contributed by atoms with E-state index in [4.69, 9.17) is 0 Å². The summed E-state index contributed by atoms with van der Waals surface area (Å²) in [5.41, 5.74) is 1.47. The maximum Gasteiger partial charge on any atom is 0.296 e. The van der Waals surface area contributed by atoms with E-state index in [2.05, 4.69) is 25.6 Å². The van der Waals surface area contributed by atoms with Crippen molar-refractivity contribution in [2.45, 2.75) is 19.5 Å². The highest BCUT2D eigenvalue weighted by molar-refractivity contribution is 9.10. The Labute approximate surface area is 150 Å². The minimum absolute atomic E-state index is 0.0808. The zero-order valence-electron chi connectivity index (χ0n) is 13.3. The third-order valence-corrected chi connectivity index (χ3v) is 4.97. The van der Waals surface area contributed by atoms with Crippen molar-refractivity contribution in [1.29, 1.82) is 0 Å². The van der Waals surface area contributed by atoms with Crippen molar-refractivity contribution in [3.8, 4) is 0 Å². The molecule has 0 bridgehead atoms. The lowest BCUT2D eigenvalue weighted by atomic mass is 10.1. The molecule has 0 N–H and O–H groups in total. The lowest BCUT2D eigenvalue weighted by molar-refractivity contribution is -0.383. The Kier molecular flexibility index (Phi) is 3.60. The summed E-state index contributed by atoms with van der Waals surface area (Å²) in [5, 5.41) is 15.5. The molecule has 0 aliphatic carbocycles. The van der Waals surface area contributed by atoms with Crippen LogP contribution in [0.2, 0.25) is 0 Å². The second kappa shape index (κ2) is 5.69. The largest absolute Gasteiger partial charge is 0.348 e. The molecule has 1 aliphatic heterocycles. The molecule has 0 radical (unpaired) electrons. The van der Waals surface area contributed by atoms with Crippen LogP contribution in [0.1, 0.15) is 29.1 Å². The molecule has 0 aromatic carbocycles. The van der Waals surface area contributed by atoms with Crippen LogP contribution in [-0.2, 0) is 6.54 Å². The van der Waals surface area contributed by atoms with E-state index in [9.17, 15) is 14.9 Å². The van der Waals surface area contributed by atoms with Gasteiger partial charge in [0.2, 0.25) is 0 Å². The first-order valence-corrected chi connectivity index (χ1v) is 8.54. The minimum atomic E-state index is -0.480. The van der Waals surface area contributed by atoms with E-state index in [-0.39, 0.29) is 23.3 Å². The highest BCUT2D eigenvalue weighted by Crippen LogP contribution is 2.29. The molecule has 1 amide bonds. The van der Waals surface area contributed by atoms with E-state index in [0.29, 0.717) is 16.5 Å². The van der Waals surface area contributed by atoms with Gasteiger partial charge < -0.3 is 9.47 Å². The van der Waals surface area contributed by atoms with Crippen LogP contribution in [0.5, 0.6) is 0 Å². The highest BCUT2D eigenvalue weighted by atomic mass is 79.9. The number of nitro groups is 1. The van der Waals surface area contributed by atoms with Crippen molar-refractivity contribution in [2.75, 3.05) is 6.54 Å². The van der Waals surface area contributed by atoms with E-state index >= 15 is 0 Å². The highest BCUT2D eigenvalue weighted by Gasteiger charge is 2.30. The van der Waals surface area contributed by atoms with Crippen LogP contribution in [0.4, 0.5) is 5.69 Å². The van der Waals surface area contributed by atoms with E-state index in [1.165, 1.54) is 16.6 Å². The second-order valence-electron chi connectivity index (χ2n) is 5.96. The number of carbonyl (C=O) groups is 1. The van der Waals surface area contributed by atoms with Gasteiger partial charge in [-0.15, -0.1) is 0 Å². The maximum atomic E-state index is 12.9. The molecule has 3 aromatic heterocycles. The molecule has 4 heterocycles. The molecule has 0 saturated heterocycles. The average molecular weight is 404 g/mol. The van der Waals surface area contributed by atoms with Crippen LogP contribution >= 0.6 is 15.9 Å². The molecule has 0 fully saturated rings. The van der Waals surface area contributed by atoms with Gasteiger partial charge in [-0.1, -0.05) is 0 Å². The number of aromatic nitrogens is 3. The van der Waals surface area contributed by atoms with Gasteiger partial charge in [-0.05, 0) is 35.0 Å². The molecule has 128 valence electrons. The van der Waals surface area contributed by atoms with Crippen molar-refractivity contribution in [3.63, 3.8) is 0 Å². The van der Waals surface area contributed by atoms with Crippen LogP contribution in [0.3, 0.4) is 0 Å². The van der Waals surface area contributed by atoms with Crippen molar-refractivity contribution in [3.05, 3.63) is 62.6 Å². The molecule has 1 unspecified atom stereocenters. The van der Waals surface area contributed by atoms with Gasteiger partial charge in [0.1, 0.15) is 5.52 Å². The molecule has 8 nitrogen and oxygen atoms in total. The molecule has 0 saturated carbocycles. The number of hydrogen-bond acceptors (Lipinski definition) is 4. The van der Waals surface area contributed by atoms with Gasteiger partial charge in [-0.3, -0.25) is 14.9 Å². The third kappa shape index (κ3) is 2.51. The molecule has 25 heavy (non-hydrogen) atoms. The van der Waals surface area contributed by atoms with E-state index < -0.39 is 4.92 Å². The second-order valence-corrected chi connectivity index (χ2v) is 6.88. The van der Waals surface area contributed by atoms with Crippen LogP contribution in [0.25, 0.3) is 5.52 Å². The Hall–Kier alpha value is -2.68. The Morgan fingerprint density at radius 2 is 2.20 bits per heavy atom. The summed E-state index contributed by atoms with van der Waals surface area (Å²) in [6.07, 6.45) is 3.60. The summed E-state index contributed by atoms with van der Waals surface area (Å²) in [4.78, 5) is 25.5. The first kappa shape index (κ1) is 15.8. The summed E-state index contributed by atoms with van der Waals surface area (Å²) in [6.45, 7) is 3.26. The zero-order valence-corrected chi connectivity index (χ0v) is 14.9. The van der Waals surface area contributed by atoms with Crippen LogP contribution in [0.15, 0.2) is 41.1 Å². The van der Waals surface area contributed by atoms with Gasteiger partial charge in [0.15, 0.2) is 5.69 Å². The quantitative estimate of drug-likeness (QED) is 0.486. The van der Waals surface area contributed by atoms with Crippen LogP contribution in [0, 0.1) is 10.1 Å². The third-order valence-electron chi connectivity index (χ3n) is 4.54. The number of fused-ring (bicyclic) bond motifs is 2. The summed E-state index contributed by atoms with van der Waals surface area (Å²) in [6, 6.07) is 6.76. The predicted octanol–water partition coefficient (Wildman–Crippen LogP) is 3.02. The van der Waals surface area contributed by atoms with Crippen molar-refractivity contribution >= 4 is 33.0 Å². The minimum Gasteiger partial charge on any atom is -0.348 e. The van der Waals surface area contributed by atoms with E-state index in [1.54, 1.807) is 11.1 Å². The monoisotopic (exact) mass is 403 g/mol. The Morgan fingerprint density at radius 1 is 1.40 bits per heavy atom. The molecule has 9 heteroatoms. The molecular weight excluding hydrogens is 390 g/mol. The molecule has 3 aromatic rings. The number of halogens is 1. The molecule has 4 rings (SSSR count). The number of rotatable bonds is 2. The first-order chi connectivity index (χ1) is 12.0. The summed E-state index contributed by atoms with van der Waals surface area (Å²) in [7, 11) is 0. The number of nitrogens with zero attached hydrogens (tertiary/aromatic N) is 5. The van der Waals surface area contributed by atoms with E-state index in [0.717, 1.165) is 12.2 Å². The normalized spacial score (nSPS) is 16.9. The molecule has 1 atom stereocenters. The fraction of sp³-hybridized carbons (Fsp3) is 0.250. The summed E-state index contributed by atoms with van der Waals surface area (Å²) < 4.78 is 4.02. The zero-order chi connectivity index (χ0) is 17.7. The Bertz CT molecular complexity index is 1010. The fourth-order valence-corrected chi connectivity index (χ4v) is 3.71. The van der Waals surface area contributed by atoms with Crippen LogP contribution in [-0.4, -0.2) is 36.5 Å². The van der Waals surface area contributed by atoms with Crippen molar-refractivity contribution < 1.29 is 9.72 Å². The summed E-state index contributed by atoms with van der Waals surface area (Å²) >= 11 is 3.23. The van der Waals surface area contributed by atoms with Crippen LogP contribution < -0.4 is 0 Å². The van der Waals surface area contributed by atoms with E-state index in [1.807, 2.05) is 25.3 Å². The van der Waals surface area contributed by atoms with Gasteiger partial charge in [0.05, 0.1) is 11.0 Å². The lowest BCUT2D eigenvalue weighted by Crippen LogP contribution is -2.40. The molecule has 0 spiro atoms. The average Bonchev–Trinajstić information content (AvgIpc) is 3.20. The van der Waals surface area contributed by atoms with Gasteiger partial charge in [-0.25, -0.2) is 4.52 Å². The van der Waals surface area contributed by atoms with Gasteiger partial charge in [0, 0.05) is 47.8 Å². The predicted molar refractivity (Wildman–Crippen MR) is 93.4 cm³/mol. The topological polar surface area (TPSA) is 85.7 Å². The van der Waals surface area contributed by atoms with Gasteiger partial charge >= 0.3 is 0 Å². The number of carbonyl (C=O) groups excluding carboxylic acids is 1. The van der Waals surface area contributed by atoms with Gasteiger partial charge in [0.25, 0.3) is 11.6 Å². The van der Waals surface area contributed by atoms with Gasteiger partial charge in [-0.2, -0.15) is 5.10 Å². The first-order valence-electron chi connectivity index (χ1n) is 7.75. The fourth-order valence-electron chi connectivity index (χ4n) is 3.30. The Balaban J connectivity index is 1.74. The van der Waals surface area contributed by atoms with Crippen molar-refractivity contribution in [2.24, 2.45) is 0 Å². The number of amides is 1. The smallest absolute Gasteiger partial charge is 0.296 e. The standard InChI is InChI=1S/C16H14BrN5O3/c1-10-13-3-2-4-19(13)5-6-20(10)16(23)12-8-14-15(22(24)25)7-11(17)9-21(14)18-12/h2-4,7-10H,5-6H2,1H3. The Morgan fingerprint density at radius 3 is 2.96 bits per heavy atom. The maximum absolute atomic E-state index is 12.9. The lowest BCUT2D eigenvalue weighted by Gasteiger charge is -2.34. The summed E-state index contributed by atoms with van der Waals surface area (Å²) in [5.74, 6) is -0.228. The van der Waals surface area contributed by atoms with Crippen molar-refractivity contribution in [1.82, 2.24) is 19.1 Å². The number of hydrogen-bond donors (Lipinski definition) is 0. The number of pyridine rings is 1.